The molecule has 4 rings (SSSR count). The largest absolute Gasteiger partial charge is 0.497 e. The summed E-state index contributed by atoms with van der Waals surface area (Å²) in [4.78, 5) is 19.2. The molecule has 0 radical (unpaired) electrons. The fourth-order valence-electron chi connectivity index (χ4n) is 3.64. The Morgan fingerprint density at radius 2 is 2.09 bits per heavy atom. The number of hydrogen-bond acceptors (Lipinski definition) is 10. The van der Waals surface area contributed by atoms with Gasteiger partial charge in [0.15, 0.2) is 6.10 Å². The molecule has 0 spiro atoms. The Bertz CT molecular complexity index is 1020. The molecule has 1 aromatic carbocycles. The van der Waals surface area contributed by atoms with Crippen LogP contribution in [0.4, 0.5) is 11.1 Å². The second-order valence-electron chi connectivity index (χ2n) is 7.35. The molecule has 0 unspecified atom stereocenters. The number of carbonyl (C=O) groups is 1. The second-order valence-corrected chi connectivity index (χ2v) is 8.41. The van der Waals surface area contributed by atoms with E-state index in [2.05, 4.69) is 35.6 Å². The van der Waals surface area contributed by atoms with Gasteiger partial charge < -0.3 is 14.4 Å². The lowest BCUT2D eigenvalue weighted by Gasteiger charge is -2.16. The third kappa shape index (κ3) is 5.35. The molecule has 168 valence electrons. The van der Waals surface area contributed by atoms with E-state index in [1.54, 1.807) is 31.6 Å². The van der Waals surface area contributed by atoms with Crippen LogP contribution in [0.5, 0.6) is 5.75 Å². The summed E-state index contributed by atoms with van der Waals surface area (Å²) in [5, 5.41) is 20.6. The number of anilines is 2. The zero-order valence-corrected chi connectivity index (χ0v) is 18.8. The van der Waals surface area contributed by atoms with Crippen molar-refractivity contribution in [2.45, 2.75) is 25.9 Å². The van der Waals surface area contributed by atoms with Gasteiger partial charge in [-0.05, 0) is 37.0 Å². The highest BCUT2D eigenvalue weighted by atomic mass is 32.1. The first-order valence-electron chi connectivity index (χ1n) is 10.4. The molecule has 1 saturated heterocycles. The maximum Gasteiger partial charge on any atom is 0.259 e. The standard InChI is InChI=1S/C21H25N7O3S/c1-3-31-18(15-4-6-16(30-2)7-5-15)19(29)24-21-27-25-17(32-21)12-14-8-11-28(13-14)20-22-9-10-23-26-20/h4-7,9-10,14,18H,3,8,11-13H2,1-2H3,(H,24,27,29)/t14-,18-/m0/s1. The van der Waals surface area contributed by atoms with E-state index < -0.39 is 6.10 Å². The van der Waals surface area contributed by atoms with E-state index in [1.807, 2.05) is 19.1 Å². The van der Waals surface area contributed by atoms with Crippen molar-refractivity contribution in [3.8, 4) is 5.75 Å². The van der Waals surface area contributed by atoms with Gasteiger partial charge in [0.05, 0.1) is 19.5 Å². The summed E-state index contributed by atoms with van der Waals surface area (Å²) in [6.45, 7) is 3.99. The van der Waals surface area contributed by atoms with Crippen LogP contribution in [0.1, 0.15) is 30.0 Å². The highest BCUT2D eigenvalue weighted by Gasteiger charge is 2.27. The van der Waals surface area contributed by atoms with Gasteiger partial charge in [0, 0.05) is 26.1 Å². The van der Waals surface area contributed by atoms with Crippen LogP contribution in [0.25, 0.3) is 0 Å². The number of ether oxygens (including phenoxy) is 2. The summed E-state index contributed by atoms with van der Waals surface area (Å²) in [7, 11) is 1.60. The van der Waals surface area contributed by atoms with E-state index in [0.717, 1.165) is 42.3 Å². The summed E-state index contributed by atoms with van der Waals surface area (Å²) < 4.78 is 10.9. The van der Waals surface area contributed by atoms with Gasteiger partial charge in [-0.3, -0.25) is 10.1 Å². The quantitative estimate of drug-likeness (QED) is 0.519. The smallest absolute Gasteiger partial charge is 0.259 e. The van der Waals surface area contributed by atoms with Gasteiger partial charge in [-0.15, -0.1) is 15.3 Å². The highest BCUT2D eigenvalue weighted by Crippen LogP contribution is 2.27. The number of benzene rings is 1. The number of amides is 1. The second kappa shape index (κ2) is 10.4. The van der Waals surface area contributed by atoms with Gasteiger partial charge in [-0.1, -0.05) is 23.5 Å². The van der Waals surface area contributed by atoms with E-state index in [9.17, 15) is 4.79 Å². The van der Waals surface area contributed by atoms with Gasteiger partial charge in [-0.2, -0.15) is 5.10 Å². The molecule has 32 heavy (non-hydrogen) atoms. The molecule has 2 aromatic heterocycles. The summed E-state index contributed by atoms with van der Waals surface area (Å²) >= 11 is 1.39. The fourth-order valence-corrected chi connectivity index (χ4v) is 4.50. The van der Waals surface area contributed by atoms with Crippen molar-refractivity contribution in [2.24, 2.45) is 5.92 Å². The zero-order valence-electron chi connectivity index (χ0n) is 18.0. The lowest BCUT2D eigenvalue weighted by Crippen LogP contribution is -2.23. The molecule has 1 aliphatic heterocycles. The number of nitrogens with one attached hydrogen (secondary N) is 1. The Morgan fingerprint density at radius 3 is 2.81 bits per heavy atom. The number of methoxy groups -OCH3 is 1. The van der Waals surface area contributed by atoms with Gasteiger partial charge in [0.2, 0.25) is 11.1 Å². The van der Waals surface area contributed by atoms with Crippen LogP contribution in [0, 0.1) is 5.92 Å². The molecule has 0 aliphatic carbocycles. The van der Waals surface area contributed by atoms with Crippen molar-refractivity contribution in [3.63, 3.8) is 0 Å². The summed E-state index contributed by atoms with van der Waals surface area (Å²) in [5.41, 5.74) is 0.749. The number of nitrogens with zero attached hydrogens (tertiary/aromatic N) is 6. The first kappa shape index (κ1) is 22.0. The molecule has 3 heterocycles. The molecule has 10 nitrogen and oxygen atoms in total. The van der Waals surface area contributed by atoms with Crippen molar-refractivity contribution in [1.29, 1.82) is 0 Å². The predicted molar refractivity (Wildman–Crippen MR) is 120 cm³/mol. The molecule has 3 aromatic rings. The molecular weight excluding hydrogens is 430 g/mol. The van der Waals surface area contributed by atoms with Crippen LogP contribution in [-0.2, 0) is 16.0 Å². The molecule has 0 saturated carbocycles. The monoisotopic (exact) mass is 455 g/mol. The summed E-state index contributed by atoms with van der Waals surface area (Å²) in [6, 6.07) is 7.25. The molecule has 1 N–H and O–H groups in total. The van der Waals surface area contributed by atoms with Crippen LogP contribution in [0.2, 0.25) is 0 Å². The third-order valence-corrected chi connectivity index (χ3v) is 6.05. The average molecular weight is 456 g/mol. The lowest BCUT2D eigenvalue weighted by molar-refractivity contribution is -0.127. The van der Waals surface area contributed by atoms with Crippen LogP contribution < -0.4 is 15.0 Å². The van der Waals surface area contributed by atoms with Crippen molar-refractivity contribution in [1.82, 2.24) is 25.4 Å². The van der Waals surface area contributed by atoms with Crippen LogP contribution in [0.3, 0.4) is 0 Å². The van der Waals surface area contributed by atoms with Crippen LogP contribution in [0.15, 0.2) is 36.7 Å². The van der Waals surface area contributed by atoms with E-state index in [0.29, 0.717) is 23.6 Å². The Kier molecular flexibility index (Phi) is 7.17. The van der Waals surface area contributed by atoms with Crippen molar-refractivity contribution in [3.05, 3.63) is 47.2 Å². The minimum atomic E-state index is -0.735. The van der Waals surface area contributed by atoms with Crippen LogP contribution in [-0.4, -0.2) is 58.1 Å². The van der Waals surface area contributed by atoms with Gasteiger partial charge in [0.25, 0.3) is 5.91 Å². The average Bonchev–Trinajstić information content (AvgIpc) is 3.48. The number of hydrogen-bond donors (Lipinski definition) is 1. The summed E-state index contributed by atoms with van der Waals surface area (Å²) in [5.74, 6) is 1.52. The first-order chi connectivity index (χ1) is 15.7. The summed E-state index contributed by atoms with van der Waals surface area (Å²) in [6.07, 6.45) is 4.29. The highest BCUT2D eigenvalue weighted by molar-refractivity contribution is 7.15. The molecule has 0 bridgehead atoms. The number of carbonyl (C=O) groups excluding carboxylic acids is 1. The molecule has 1 aliphatic rings. The molecule has 1 amide bonds. The normalized spacial score (nSPS) is 16.7. The SMILES string of the molecule is CCO[C@H](C(=O)Nc1nnc(C[C@@H]2CCN(c3nccnn3)C2)s1)c1ccc(OC)cc1. The zero-order chi connectivity index (χ0) is 22.3. The first-order valence-corrected chi connectivity index (χ1v) is 11.2. The Hall–Kier alpha value is -3.18. The molecule has 11 heteroatoms. The van der Waals surface area contributed by atoms with Gasteiger partial charge >= 0.3 is 0 Å². The van der Waals surface area contributed by atoms with Crippen LogP contribution >= 0.6 is 11.3 Å². The number of aromatic nitrogens is 5. The van der Waals surface area contributed by atoms with E-state index in [4.69, 9.17) is 9.47 Å². The molecule has 1 fully saturated rings. The van der Waals surface area contributed by atoms with E-state index in [-0.39, 0.29) is 5.91 Å². The van der Waals surface area contributed by atoms with Gasteiger partial charge in [-0.25, -0.2) is 4.98 Å². The third-order valence-electron chi connectivity index (χ3n) is 5.19. The van der Waals surface area contributed by atoms with E-state index >= 15 is 0 Å². The maximum atomic E-state index is 12.9. The predicted octanol–water partition coefficient (Wildman–Crippen LogP) is 2.52. The van der Waals surface area contributed by atoms with Crippen molar-refractivity contribution in [2.75, 3.05) is 37.0 Å². The Morgan fingerprint density at radius 1 is 1.25 bits per heavy atom. The lowest BCUT2D eigenvalue weighted by atomic mass is 10.1. The molecular formula is C21H25N7O3S. The van der Waals surface area contributed by atoms with Crippen molar-refractivity contribution >= 4 is 28.3 Å². The minimum Gasteiger partial charge on any atom is -0.497 e. The molecule has 2 atom stereocenters. The van der Waals surface area contributed by atoms with E-state index in [1.165, 1.54) is 11.3 Å². The minimum absolute atomic E-state index is 0.277. The van der Waals surface area contributed by atoms with Crippen molar-refractivity contribution < 1.29 is 14.3 Å². The Balaban J connectivity index is 1.35. The Labute approximate surface area is 190 Å². The van der Waals surface area contributed by atoms with Gasteiger partial charge in [0.1, 0.15) is 10.8 Å². The fraction of sp³-hybridized carbons (Fsp3) is 0.429. The number of rotatable bonds is 9. The maximum absolute atomic E-state index is 12.9. The topological polar surface area (TPSA) is 115 Å².